The SMILES string of the molecule is Cc1c(Cl)cccc1NC(=O)C1CCC(C(=O)Nc2ccc(F)cc2)CC1. The first-order valence-corrected chi connectivity index (χ1v) is 9.44. The summed E-state index contributed by atoms with van der Waals surface area (Å²) < 4.78 is 12.9. The Hall–Kier alpha value is -2.40. The molecule has 0 aromatic heterocycles. The molecule has 3 rings (SSSR count). The zero-order chi connectivity index (χ0) is 19.4. The minimum absolute atomic E-state index is 0.0299. The molecule has 4 nitrogen and oxygen atoms in total. The van der Waals surface area contributed by atoms with Crippen molar-refractivity contribution < 1.29 is 14.0 Å². The summed E-state index contributed by atoms with van der Waals surface area (Å²) in [7, 11) is 0. The highest BCUT2D eigenvalue weighted by molar-refractivity contribution is 6.31. The Labute approximate surface area is 163 Å². The zero-order valence-electron chi connectivity index (χ0n) is 15.1. The van der Waals surface area contributed by atoms with Gasteiger partial charge in [-0.05, 0) is 74.6 Å². The van der Waals surface area contributed by atoms with E-state index in [9.17, 15) is 14.0 Å². The average molecular weight is 389 g/mol. The predicted octanol–water partition coefficient (Wildman–Crippen LogP) is 5.17. The molecule has 1 aliphatic rings. The zero-order valence-corrected chi connectivity index (χ0v) is 15.9. The van der Waals surface area contributed by atoms with Gasteiger partial charge in [0.05, 0.1) is 0 Å². The third kappa shape index (κ3) is 4.86. The first-order valence-electron chi connectivity index (χ1n) is 9.06. The smallest absolute Gasteiger partial charge is 0.227 e. The van der Waals surface area contributed by atoms with Crippen molar-refractivity contribution in [1.29, 1.82) is 0 Å². The van der Waals surface area contributed by atoms with Crippen LogP contribution in [0.4, 0.5) is 15.8 Å². The van der Waals surface area contributed by atoms with Crippen LogP contribution in [0.25, 0.3) is 0 Å². The van der Waals surface area contributed by atoms with Crippen LogP contribution in [0.2, 0.25) is 5.02 Å². The number of carbonyl (C=O) groups excluding carboxylic acids is 2. The molecule has 1 aliphatic carbocycles. The van der Waals surface area contributed by atoms with Gasteiger partial charge in [-0.2, -0.15) is 0 Å². The van der Waals surface area contributed by atoms with Gasteiger partial charge in [-0.15, -0.1) is 0 Å². The number of amides is 2. The fourth-order valence-corrected chi connectivity index (χ4v) is 3.55. The van der Waals surface area contributed by atoms with Gasteiger partial charge in [-0.1, -0.05) is 17.7 Å². The number of anilines is 2. The molecule has 2 aromatic rings. The molecule has 2 amide bonds. The van der Waals surface area contributed by atoms with E-state index < -0.39 is 0 Å². The highest BCUT2D eigenvalue weighted by atomic mass is 35.5. The quantitative estimate of drug-likeness (QED) is 0.758. The van der Waals surface area contributed by atoms with Crippen LogP contribution in [0.5, 0.6) is 0 Å². The lowest BCUT2D eigenvalue weighted by atomic mass is 9.81. The fourth-order valence-electron chi connectivity index (χ4n) is 3.37. The highest BCUT2D eigenvalue weighted by Gasteiger charge is 2.30. The van der Waals surface area contributed by atoms with Crippen molar-refractivity contribution in [3.63, 3.8) is 0 Å². The van der Waals surface area contributed by atoms with Gasteiger partial charge in [0.15, 0.2) is 0 Å². The summed E-state index contributed by atoms with van der Waals surface area (Å²) in [6.45, 7) is 1.87. The molecule has 0 bridgehead atoms. The van der Waals surface area contributed by atoms with E-state index in [4.69, 9.17) is 11.6 Å². The summed E-state index contributed by atoms with van der Waals surface area (Å²) in [5, 5.41) is 6.39. The maximum absolute atomic E-state index is 12.9. The molecule has 0 spiro atoms. The molecule has 2 aromatic carbocycles. The Morgan fingerprint density at radius 1 is 0.926 bits per heavy atom. The lowest BCUT2D eigenvalue weighted by molar-refractivity contribution is -0.125. The number of hydrogen-bond donors (Lipinski definition) is 2. The Balaban J connectivity index is 1.52. The molecule has 0 radical (unpaired) electrons. The van der Waals surface area contributed by atoms with Crippen LogP contribution in [-0.4, -0.2) is 11.8 Å². The Morgan fingerprint density at radius 2 is 1.48 bits per heavy atom. The van der Waals surface area contributed by atoms with Crippen molar-refractivity contribution in [2.24, 2.45) is 11.8 Å². The molecular weight excluding hydrogens is 367 g/mol. The maximum Gasteiger partial charge on any atom is 0.227 e. The van der Waals surface area contributed by atoms with Gasteiger partial charge in [-0.3, -0.25) is 9.59 Å². The molecule has 1 fully saturated rings. The number of carbonyl (C=O) groups is 2. The minimum Gasteiger partial charge on any atom is -0.326 e. The predicted molar refractivity (Wildman–Crippen MR) is 105 cm³/mol. The summed E-state index contributed by atoms with van der Waals surface area (Å²) >= 11 is 6.10. The van der Waals surface area contributed by atoms with Crippen molar-refractivity contribution in [3.05, 3.63) is 58.9 Å². The van der Waals surface area contributed by atoms with Crippen LogP contribution < -0.4 is 10.6 Å². The summed E-state index contributed by atoms with van der Waals surface area (Å²) in [5.41, 5.74) is 2.15. The molecule has 2 N–H and O–H groups in total. The average Bonchev–Trinajstić information content (AvgIpc) is 2.67. The van der Waals surface area contributed by atoms with Crippen LogP contribution in [0.3, 0.4) is 0 Å². The van der Waals surface area contributed by atoms with Crippen LogP contribution >= 0.6 is 11.6 Å². The molecule has 0 aliphatic heterocycles. The standard InChI is InChI=1S/C21H22ClFN2O2/c1-13-18(22)3-2-4-19(13)25-21(27)15-7-5-14(6-8-15)20(26)24-17-11-9-16(23)10-12-17/h2-4,9-12,14-15H,5-8H2,1H3,(H,24,26)(H,25,27). The largest absolute Gasteiger partial charge is 0.326 e. The highest BCUT2D eigenvalue weighted by Crippen LogP contribution is 2.31. The molecule has 1 saturated carbocycles. The Morgan fingerprint density at radius 3 is 2.07 bits per heavy atom. The van der Waals surface area contributed by atoms with E-state index in [0.29, 0.717) is 36.4 Å². The number of rotatable bonds is 4. The van der Waals surface area contributed by atoms with Crippen molar-refractivity contribution in [2.45, 2.75) is 32.6 Å². The van der Waals surface area contributed by atoms with E-state index in [0.717, 1.165) is 11.3 Å². The van der Waals surface area contributed by atoms with E-state index in [-0.39, 0.29) is 29.5 Å². The molecule has 6 heteroatoms. The van der Waals surface area contributed by atoms with Crippen molar-refractivity contribution in [2.75, 3.05) is 10.6 Å². The fraction of sp³-hybridized carbons (Fsp3) is 0.333. The number of hydrogen-bond acceptors (Lipinski definition) is 2. The molecule has 27 heavy (non-hydrogen) atoms. The second-order valence-corrected chi connectivity index (χ2v) is 7.35. The summed E-state index contributed by atoms with van der Waals surface area (Å²) in [4.78, 5) is 24.9. The van der Waals surface area contributed by atoms with Crippen molar-refractivity contribution >= 4 is 34.8 Å². The summed E-state index contributed by atoms with van der Waals surface area (Å²) in [5.74, 6) is -0.691. The van der Waals surface area contributed by atoms with Gasteiger partial charge in [0.1, 0.15) is 5.82 Å². The first-order chi connectivity index (χ1) is 12.9. The number of nitrogens with one attached hydrogen (secondary N) is 2. The van der Waals surface area contributed by atoms with E-state index in [1.54, 1.807) is 18.2 Å². The minimum atomic E-state index is -0.338. The first kappa shape index (κ1) is 19.4. The summed E-state index contributed by atoms with van der Waals surface area (Å²) in [6, 6.07) is 11.1. The van der Waals surface area contributed by atoms with E-state index in [1.165, 1.54) is 12.1 Å². The Bertz CT molecular complexity index is 831. The van der Waals surface area contributed by atoms with E-state index >= 15 is 0 Å². The lowest BCUT2D eigenvalue weighted by Crippen LogP contribution is -2.32. The molecule has 0 atom stereocenters. The molecule has 0 saturated heterocycles. The topological polar surface area (TPSA) is 58.2 Å². The van der Waals surface area contributed by atoms with Gasteiger partial charge >= 0.3 is 0 Å². The van der Waals surface area contributed by atoms with Crippen molar-refractivity contribution in [1.82, 2.24) is 0 Å². The second kappa shape index (κ2) is 8.53. The van der Waals surface area contributed by atoms with Crippen LogP contribution in [0.1, 0.15) is 31.2 Å². The molecule has 0 unspecified atom stereocenters. The third-order valence-corrected chi connectivity index (χ3v) is 5.52. The number of benzene rings is 2. The van der Waals surface area contributed by atoms with Gasteiger partial charge in [0.2, 0.25) is 11.8 Å². The Kier molecular flexibility index (Phi) is 6.11. The molecule has 142 valence electrons. The molecule has 0 heterocycles. The van der Waals surface area contributed by atoms with Gasteiger partial charge < -0.3 is 10.6 Å². The third-order valence-electron chi connectivity index (χ3n) is 5.11. The van der Waals surface area contributed by atoms with Crippen LogP contribution in [0, 0.1) is 24.6 Å². The second-order valence-electron chi connectivity index (χ2n) is 6.95. The lowest BCUT2D eigenvalue weighted by Gasteiger charge is -2.27. The summed E-state index contributed by atoms with van der Waals surface area (Å²) in [6.07, 6.45) is 2.62. The normalized spacial score (nSPS) is 19.4. The van der Waals surface area contributed by atoms with E-state index in [2.05, 4.69) is 10.6 Å². The number of halogens is 2. The van der Waals surface area contributed by atoms with E-state index in [1.807, 2.05) is 19.1 Å². The van der Waals surface area contributed by atoms with Crippen LogP contribution in [-0.2, 0) is 9.59 Å². The maximum atomic E-state index is 12.9. The monoisotopic (exact) mass is 388 g/mol. The van der Waals surface area contributed by atoms with Crippen molar-refractivity contribution in [3.8, 4) is 0 Å². The van der Waals surface area contributed by atoms with Gasteiger partial charge in [0, 0.05) is 28.2 Å². The van der Waals surface area contributed by atoms with Gasteiger partial charge in [-0.25, -0.2) is 4.39 Å². The molecular formula is C21H22ClFN2O2. The van der Waals surface area contributed by atoms with Crippen LogP contribution in [0.15, 0.2) is 42.5 Å². The van der Waals surface area contributed by atoms with Gasteiger partial charge in [0.25, 0.3) is 0 Å².